The van der Waals surface area contributed by atoms with Gasteiger partial charge in [-0.15, -0.1) is 0 Å². The number of amides is 2. The van der Waals surface area contributed by atoms with E-state index in [1.165, 1.54) is 6.92 Å². The van der Waals surface area contributed by atoms with Gasteiger partial charge in [0.1, 0.15) is 5.75 Å². The normalized spacial score (nSPS) is 13.2. The molecule has 1 aromatic rings. The van der Waals surface area contributed by atoms with E-state index >= 15 is 0 Å². The van der Waals surface area contributed by atoms with Crippen molar-refractivity contribution < 1.29 is 24.5 Å². The number of methoxy groups -OCH3 is 1. The first-order valence-electron chi connectivity index (χ1n) is 6.02. The van der Waals surface area contributed by atoms with Crippen LogP contribution in [0.15, 0.2) is 24.3 Å². The molecule has 0 aliphatic carbocycles. The smallest absolute Gasteiger partial charge is 0.328 e. The molecule has 0 aliphatic heterocycles. The zero-order chi connectivity index (χ0) is 15.1. The molecule has 0 bridgehead atoms. The highest BCUT2D eigenvalue weighted by Gasteiger charge is 2.24. The fourth-order valence-electron chi connectivity index (χ4n) is 1.51. The lowest BCUT2D eigenvalue weighted by molar-refractivity contribution is -0.141. The number of aliphatic carboxylic acids is 1. The summed E-state index contributed by atoms with van der Waals surface area (Å²) in [6.07, 6.45) is -1.18. The molecule has 0 aromatic heterocycles. The van der Waals surface area contributed by atoms with Gasteiger partial charge in [-0.2, -0.15) is 0 Å². The number of aliphatic hydroxyl groups is 1. The Kier molecular flexibility index (Phi) is 5.79. The number of carbonyl (C=O) groups excluding carboxylic acids is 1. The summed E-state index contributed by atoms with van der Waals surface area (Å²) >= 11 is 0. The molecule has 1 aromatic carbocycles. The Morgan fingerprint density at radius 1 is 1.30 bits per heavy atom. The number of hydrogen-bond donors (Lipinski definition) is 4. The second-order valence-electron chi connectivity index (χ2n) is 4.23. The molecule has 1 rings (SSSR count). The number of benzene rings is 1. The van der Waals surface area contributed by atoms with Crippen molar-refractivity contribution in [3.05, 3.63) is 29.8 Å². The highest BCUT2D eigenvalue weighted by atomic mass is 16.5. The van der Waals surface area contributed by atoms with Crippen LogP contribution in [0.4, 0.5) is 4.79 Å². The number of nitrogens with one attached hydrogen (secondary N) is 2. The quantitative estimate of drug-likeness (QED) is 0.601. The Balaban J connectivity index is 2.47. The van der Waals surface area contributed by atoms with Gasteiger partial charge in [-0.05, 0) is 24.6 Å². The first-order chi connectivity index (χ1) is 9.43. The van der Waals surface area contributed by atoms with Gasteiger partial charge in [0, 0.05) is 6.54 Å². The molecule has 20 heavy (non-hydrogen) atoms. The van der Waals surface area contributed by atoms with Crippen LogP contribution in [0.1, 0.15) is 12.5 Å². The van der Waals surface area contributed by atoms with E-state index in [1.807, 2.05) is 0 Å². The molecule has 0 fully saturated rings. The average molecular weight is 282 g/mol. The molecule has 7 heteroatoms. The molecule has 110 valence electrons. The Bertz CT molecular complexity index is 458. The summed E-state index contributed by atoms with van der Waals surface area (Å²) in [7, 11) is 1.56. The lowest BCUT2D eigenvalue weighted by Gasteiger charge is -2.17. The molecule has 0 heterocycles. The van der Waals surface area contributed by atoms with Crippen LogP contribution in [0.25, 0.3) is 0 Å². The minimum atomic E-state index is -1.34. The maximum absolute atomic E-state index is 11.5. The summed E-state index contributed by atoms with van der Waals surface area (Å²) in [5.41, 5.74) is 0.838. The van der Waals surface area contributed by atoms with Gasteiger partial charge in [0.25, 0.3) is 0 Å². The number of aliphatic hydroxyl groups excluding tert-OH is 1. The number of rotatable bonds is 6. The first-order valence-corrected chi connectivity index (χ1v) is 6.02. The predicted molar refractivity (Wildman–Crippen MR) is 71.5 cm³/mol. The van der Waals surface area contributed by atoms with Crippen molar-refractivity contribution in [1.29, 1.82) is 0 Å². The summed E-state index contributed by atoms with van der Waals surface area (Å²) in [6.45, 7) is 1.53. The Morgan fingerprint density at radius 3 is 2.35 bits per heavy atom. The number of urea groups is 1. The van der Waals surface area contributed by atoms with Gasteiger partial charge in [0.2, 0.25) is 0 Å². The fourth-order valence-corrected chi connectivity index (χ4v) is 1.51. The van der Waals surface area contributed by atoms with E-state index in [0.29, 0.717) is 5.75 Å². The molecule has 0 radical (unpaired) electrons. The van der Waals surface area contributed by atoms with E-state index in [2.05, 4.69) is 10.6 Å². The lowest BCUT2D eigenvalue weighted by Crippen LogP contribution is -2.50. The third kappa shape index (κ3) is 4.77. The van der Waals surface area contributed by atoms with Gasteiger partial charge < -0.3 is 25.6 Å². The van der Waals surface area contributed by atoms with Crippen LogP contribution in [-0.4, -0.2) is 41.5 Å². The minimum Gasteiger partial charge on any atom is -0.497 e. The van der Waals surface area contributed by atoms with Gasteiger partial charge in [0.05, 0.1) is 13.2 Å². The molecule has 0 aliphatic rings. The highest BCUT2D eigenvalue weighted by molar-refractivity contribution is 5.82. The van der Waals surface area contributed by atoms with Gasteiger partial charge in [-0.1, -0.05) is 12.1 Å². The van der Waals surface area contributed by atoms with E-state index < -0.39 is 24.1 Å². The summed E-state index contributed by atoms with van der Waals surface area (Å²) < 4.78 is 5.01. The van der Waals surface area contributed by atoms with Crippen molar-refractivity contribution in [2.45, 2.75) is 25.6 Å². The molecule has 7 nitrogen and oxygen atoms in total. The van der Waals surface area contributed by atoms with Crippen LogP contribution in [0, 0.1) is 0 Å². The summed E-state index contributed by atoms with van der Waals surface area (Å²) in [6, 6.07) is 5.07. The Morgan fingerprint density at radius 2 is 1.90 bits per heavy atom. The zero-order valence-corrected chi connectivity index (χ0v) is 11.3. The maximum Gasteiger partial charge on any atom is 0.328 e. The molecule has 4 N–H and O–H groups in total. The Labute approximate surface area is 116 Å². The van der Waals surface area contributed by atoms with Crippen LogP contribution >= 0.6 is 0 Å². The molecule has 2 amide bonds. The number of carbonyl (C=O) groups is 2. The van der Waals surface area contributed by atoms with Crippen LogP contribution in [-0.2, 0) is 11.3 Å². The number of carboxylic acid groups (broad SMARTS) is 1. The Hall–Kier alpha value is -2.28. The molecule has 0 unspecified atom stereocenters. The average Bonchev–Trinajstić information content (AvgIpc) is 2.42. The maximum atomic E-state index is 11.5. The minimum absolute atomic E-state index is 0.238. The van der Waals surface area contributed by atoms with Crippen molar-refractivity contribution >= 4 is 12.0 Å². The van der Waals surface area contributed by atoms with Crippen LogP contribution in [0.5, 0.6) is 5.75 Å². The fraction of sp³-hybridized carbons (Fsp3) is 0.385. The zero-order valence-electron chi connectivity index (χ0n) is 11.3. The number of hydrogen-bond acceptors (Lipinski definition) is 4. The third-order valence-electron chi connectivity index (χ3n) is 2.65. The van der Waals surface area contributed by atoms with Gasteiger partial charge in [-0.3, -0.25) is 0 Å². The molecule has 2 atom stereocenters. The monoisotopic (exact) mass is 282 g/mol. The van der Waals surface area contributed by atoms with Crippen LogP contribution in [0.3, 0.4) is 0 Å². The van der Waals surface area contributed by atoms with Crippen LogP contribution < -0.4 is 15.4 Å². The predicted octanol–water partition coefficient (Wildman–Crippen LogP) is 0.328. The van der Waals surface area contributed by atoms with E-state index in [1.54, 1.807) is 31.4 Å². The third-order valence-corrected chi connectivity index (χ3v) is 2.65. The van der Waals surface area contributed by atoms with Gasteiger partial charge >= 0.3 is 12.0 Å². The number of ether oxygens (including phenoxy) is 1. The van der Waals surface area contributed by atoms with E-state index in [9.17, 15) is 14.7 Å². The summed E-state index contributed by atoms with van der Waals surface area (Å²) in [5.74, 6) is -0.585. The van der Waals surface area contributed by atoms with Gasteiger partial charge in [0.15, 0.2) is 6.04 Å². The number of carboxylic acids is 1. The second kappa shape index (κ2) is 7.34. The highest BCUT2D eigenvalue weighted by Crippen LogP contribution is 2.10. The molecule has 0 spiro atoms. The second-order valence-corrected chi connectivity index (χ2v) is 4.23. The van der Waals surface area contributed by atoms with Crippen molar-refractivity contribution in [2.75, 3.05) is 7.11 Å². The molecule has 0 saturated carbocycles. The van der Waals surface area contributed by atoms with Crippen molar-refractivity contribution in [3.63, 3.8) is 0 Å². The molecular weight excluding hydrogens is 264 g/mol. The van der Waals surface area contributed by atoms with E-state index in [4.69, 9.17) is 9.84 Å². The topological polar surface area (TPSA) is 108 Å². The SMILES string of the molecule is COc1ccc(CNC(=O)N[C@H](C(=O)O)[C@@H](C)O)cc1. The van der Waals surface area contributed by atoms with Crippen LogP contribution in [0.2, 0.25) is 0 Å². The van der Waals surface area contributed by atoms with Crippen molar-refractivity contribution in [2.24, 2.45) is 0 Å². The van der Waals surface area contributed by atoms with Crippen molar-refractivity contribution in [1.82, 2.24) is 10.6 Å². The van der Waals surface area contributed by atoms with E-state index in [0.717, 1.165) is 5.56 Å². The summed E-state index contributed by atoms with van der Waals surface area (Å²) in [4.78, 5) is 22.3. The largest absolute Gasteiger partial charge is 0.497 e. The molecule has 0 saturated heterocycles. The first kappa shape index (κ1) is 15.8. The van der Waals surface area contributed by atoms with Crippen molar-refractivity contribution in [3.8, 4) is 5.75 Å². The van der Waals surface area contributed by atoms with Gasteiger partial charge in [-0.25, -0.2) is 9.59 Å². The lowest BCUT2D eigenvalue weighted by atomic mass is 10.2. The van der Waals surface area contributed by atoms with E-state index in [-0.39, 0.29) is 6.54 Å². The molecular formula is C13H18N2O5. The standard InChI is InChI=1S/C13H18N2O5/c1-8(16)11(12(17)18)15-13(19)14-7-9-3-5-10(20-2)6-4-9/h3-6,8,11,16H,7H2,1-2H3,(H,17,18)(H2,14,15,19)/t8-,11+/m1/s1. The summed E-state index contributed by atoms with van der Waals surface area (Å²) in [5, 5.41) is 22.8.